The highest BCUT2D eigenvalue weighted by Gasteiger charge is 2.23. The number of hydrogen-bond donors (Lipinski definition) is 3. The van der Waals surface area contributed by atoms with Crippen LogP contribution in [0.5, 0.6) is 0 Å². The molecule has 5 nitrogen and oxygen atoms in total. The number of rotatable bonds is 4. The minimum Gasteiger partial charge on any atom is -0.352 e. The maximum Gasteiger partial charge on any atom is 0.319 e. The van der Waals surface area contributed by atoms with Gasteiger partial charge in [-0.3, -0.25) is 4.79 Å². The summed E-state index contributed by atoms with van der Waals surface area (Å²) in [4.78, 5) is 23.6. The van der Waals surface area contributed by atoms with E-state index in [-0.39, 0.29) is 18.0 Å². The molecule has 2 rings (SSSR count). The Morgan fingerprint density at radius 3 is 2.40 bits per heavy atom. The molecule has 3 N–H and O–H groups in total. The van der Waals surface area contributed by atoms with Gasteiger partial charge in [0, 0.05) is 11.7 Å². The third-order valence-electron chi connectivity index (χ3n) is 3.50. The van der Waals surface area contributed by atoms with Crippen LogP contribution in [0.2, 0.25) is 0 Å². The zero-order valence-electron chi connectivity index (χ0n) is 11.9. The lowest BCUT2D eigenvalue weighted by molar-refractivity contribution is -0.123. The second-order valence-corrected chi connectivity index (χ2v) is 5.32. The highest BCUT2D eigenvalue weighted by molar-refractivity contribution is 5.93. The number of aryl methyl sites for hydroxylation is 1. The summed E-state index contributed by atoms with van der Waals surface area (Å²) in [7, 11) is 0. The molecule has 20 heavy (non-hydrogen) atoms. The number of urea groups is 1. The third-order valence-corrected chi connectivity index (χ3v) is 3.50. The molecule has 1 fully saturated rings. The van der Waals surface area contributed by atoms with Gasteiger partial charge in [0.05, 0.1) is 0 Å². The summed E-state index contributed by atoms with van der Waals surface area (Å²) < 4.78 is 0. The molecular formula is C15H21N3O2. The van der Waals surface area contributed by atoms with Gasteiger partial charge in [-0.15, -0.1) is 0 Å². The molecule has 108 valence electrons. The van der Waals surface area contributed by atoms with Crippen LogP contribution in [0.15, 0.2) is 24.3 Å². The normalized spacial score (nSPS) is 15.9. The van der Waals surface area contributed by atoms with Gasteiger partial charge in [-0.25, -0.2) is 4.79 Å². The van der Waals surface area contributed by atoms with E-state index in [1.165, 1.54) is 6.42 Å². The van der Waals surface area contributed by atoms with Crippen LogP contribution in [0.25, 0.3) is 0 Å². The van der Waals surface area contributed by atoms with E-state index in [1.807, 2.05) is 31.2 Å². The van der Waals surface area contributed by atoms with E-state index in [9.17, 15) is 9.59 Å². The fourth-order valence-corrected chi connectivity index (χ4v) is 1.95. The van der Waals surface area contributed by atoms with Gasteiger partial charge < -0.3 is 16.0 Å². The summed E-state index contributed by atoms with van der Waals surface area (Å²) in [5, 5.41) is 8.25. The van der Waals surface area contributed by atoms with Crippen molar-refractivity contribution in [3.05, 3.63) is 29.8 Å². The minimum absolute atomic E-state index is 0.131. The lowest BCUT2D eigenvalue weighted by atomic mass is 9.93. The zero-order valence-corrected chi connectivity index (χ0v) is 11.9. The van der Waals surface area contributed by atoms with Crippen LogP contribution < -0.4 is 16.0 Å². The van der Waals surface area contributed by atoms with Gasteiger partial charge in [0.2, 0.25) is 5.91 Å². The van der Waals surface area contributed by atoms with Gasteiger partial charge in [-0.1, -0.05) is 17.7 Å². The van der Waals surface area contributed by atoms with Crippen molar-refractivity contribution in [2.45, 2.75) is 45.2 Å². The first-order valence-corrected chi connectivity index (χ1v) is 6.99. The van der Waals surface area contributed by atoms with Crippen LogP contribution in [0, 0.1) is 6.92 Å². The first kappa shape index (κ1) is 14.4. The molecule has 3 amide bonds. The molecule has 1 aromatic rings. The summed E-state index contributed by atoms with van der Waals surface area (Å²) in [5.41, 5.74) is 1.84. The Hall–Kier alpha value is -2.04. The van der Waals surface area contributed by atoms with E-state index >= 15 is 0 Å². The van der Waals surface area contributed by atoms with E-state index in [0.717, 1.165) is 18.4 Å². The molecule has 0 unspecified atom stereocenters. The molecule has 0 saturated heterocycles. The Labute approximate surface area is 119 Å². The quantitative estimate of drug-likeness (QED) is 0.788. The minimum atomic E-state index is -0.541. The van der Waals surface area contributed by atoms with Crippen LogP contribution in [-0.2, 0) is 4.79 Å². The molecule has 1 atom stereocenters. The lowest BCUT2D eigenvalue weighted by Crippen LogP contribution is -2.50. The van der Waals surface area contributed by atoms with Crippen LogP contribution in [0.3, 0.4) is 0 Å². The van der Waals surface area contributed by atoms with Gasteiger partial charge >= 0.3 is 6.03 Å². The van der Waals surface area contributed by atoms with Crippen molar-refractivity contribution in [3.8, 4) is 0 Å². The molecule has 0 radical (unpaired) electrons. The van der Waals surface area contributed by atoms with E-state index < -0.39 is 6.04 Å². The first-order chi connectivity index (χ1) is 9.54. The van der Waals surface area contributed by atoms with Crippen molar-refractivity contribution >= 4 is 17.6 Å². The van der Waals surface area contributed by atoms with Crippen molar-refractivity contribution in [2.75, 3.05) is 5.32 Å². The molecule has 0 heterocycles. The van der Waals surface area contributed by atoms with Crippen LogP contribution in [-0.4, -0.2) is 24.0 Å². The molecule has 0 aromatic heterocycles. The predicted octanol–water partition coefficient (Wildman–Crippen LogP) is 2.17. The molecule has 5 heteroatoms. The molecule has 0 aliphatic heterocycles. The van der Waals surface area contributed by atoms with E-state index in [4.69, 9.17) is 0 Å². The molecule has 1 aliphatic rings. The number of carbonyl (C=O) groups is 2. The fraction of sp³-hybridized carbons (Fsp3) is 0.467. The largest absolute Gasteiger partial charge is 0.352 e. The standard InChI is InChI=1S/C15H21N3O2/c1-10-6-8-13(9-7-10)18-15(20)16-11(2)14(19)17-12-4-3-5-12/h6-9,11-12H,3-5H2,1-2H3,(H,17,19)(H2,16,18,20)/t11-/m0/s1. The molecule has 1 aromatic carbocycles. The Kier molecular flexibility index (Phi) is 4.61. The third kappa shape index (κ3) is 3.98. The van der Waals surface area contributed by atoms with Crippen molar-refractivity contribution < 1.29 is 9.59 Å². The highest BCUT2D eigenvalue weighted by atomic mass is 16.2. The van der Waals surface area contributed by atoms with Crippen LogP contribution in [0.4, 0.5) is 10.5 Å². The number of benzene rings is 1. The van der Waals surface area contributed by atoms with Gasteiger partial charge in [0.25, 0.3) is 0 Å². The van der Waals surface area contributed by atoms with Gasteiger partial charge in [-0.2, -0.15) is 0 Å². The summed E-state index contributed by atoms with van der Waals surface area (Å²) >= 11 is 0. The summed E-state index contributed by atoms with van der Waals surface area (Å²) in [6.07, 6.45) is 3.24. The highest BCUT2D eigenvalue weighted by Crippen LogP contribution is 2.17. The topological polar surface area (TPSA) is 70.2 Å². The molecular weight excluding hydrogens is 254 g/mol. The maximum atomic E-state index is 11.8. The molecule has 1 saturated carbocycles. The molecule has 0 spiro atoms. The first-order valence-electron chi connectivity index (χ1n) is 6.99. The monoisotopic (exact) mass is 275 g/mol. The fourth-order valence-electron chi connectivity index (χ4n) is 1.95. The van der Waals surface area contributed by atoms with E-state index in [0.29, 0.717) is 5.69 Å². The SMILES string of the molecule is Cc1ccc(NC(=O)N[C@@H](C)C(=O)NC2CCC2)cc1. The van der Waals surface area contributed by atoms with Crippen LogP contribution >= 0.6 is 0 Å². The zero-order chi connectivity index (χ0) is 14.5. The Morgan fingerprint density at radius 1 is 1.20 bits per heavy atom. The molecule has 1 aliphatic carbocycles. The van der Waals surface area contributed by atoms with Crippen molar-refractivity contribution in [2.24, 2.45) is 0 Å². The Morgan fingerprint density at radius 2 is 1.85 bits per heavy atom. The number of nitrogens with one attached hydrogen (secondary N) is 3. The van der Waals surface area contributed by atoms with Gasteiger partial charge in [0.1, 0.15) is 6.04 Å². The Balaban J connectivity index is 1.77. The number of amides is 3. The summed E-state index contributed by atoms with van der Waals surface area (Å²) in [6, 6.07) is 6.87. The van der Waals surface area contributed by atoms with Crippen molar-refractivity contribution in [3.63, 3.8) is 0 Å². The molecule has 0 bridgehead atoms. The van der Waals surface area contributed by atoms with E-state index in [2.05, 4.69) is 16.0 Å². The smallest absolute Gasteiger partial charge is 0.319 e. The lowest BCUT2D eigenvalue weighted by Gasteiger charge is -2.28. The van der Waals surface area contributed by atoms with E-state index in [1.54, 1.807) is 6.92 Å². The second kappa shape index (κ2) is 6.41. The number of anilines is 1. The number of carbonyl (C=O) groups excluding carboxylic acids is 2. The number of hydrogen-bond acceptors (Lipinski definition) is 2. The summed E-state index contributed by atoms with van der Waals surface area (Å²) in [5.74, 6) is -0.131. The average Bonchev–Trinajstić information content (AvgIpc) is 2.36. The van der Waals surface area contributed by atoms with Gasteiger partial charge in [-0.05, 0) is 45.2 Å². The second-order valence-electron chi connectivity index (χ2n) is 5.32. The predicted molar refractivity (Wildman–Crippen MR) is 78.6 cm³/mol. The van der Waals surface area contributed by atoms with Crippen molar-refractivity contribution in [1.82, 2.24) is 10.6 Å². The Bertz CT molecular complexity index is 480. The summed E-state index contributed by atoms with van der Waals surface area (Å²) in [6.45, 7) is 3.67. The van der Waals surface area contributed by atoms with Gasteiger partial charge in [0.15, 0.2) is 0 Å². The average molecular weight is 275 g/mol. The van der Waals surface area contributed by atoms with Crippen molar-refractivity contribution in [1.29, 1.82) is 0 Å². The maximum absolute atomic E-state index is 11.8. The van der Waals surface area contributed by atoms with Crippen LogP contribution in [0.1, 0.15) is 31.7 Å².